The van der Waals surface area contributed by atoms with E-state index in [9.17, 15) is 4.79 Å². The highest BCUT2D eigenvalue weighted by Gasteiger charge is 2.14. The Kier molecular flexibility index (Phi) is 12.1. The Hall–Kier alpha value is -0.860. The molecule has 1 aromatic rings. The fourth-order valence-corrected chi connectivity index (χ4v) is 3.14. The number of hydrogen-bond acceptors (Lipinski definition) is 2. The average molecular weight is 340 g/mol. The van der Waals surface area contributed by atoms with Crippen molar-refractivity contribution in [1.82, 2.24) is 6.15 Å². The highest BCUT2D eigenvalue weighted by Crippen LogP contribution is 2.22. The second-order valence-corrected chi connectivity index (χ2v) is 6.59. The van der Waals surface area contributed by atoms with Crippen LogP contribution in [0, 0.1) is 13.8 Å². The molecule has 0 aliphatic heterocycles. The van der Waals surface area contributed by atoms with E-state index in [-0.39, 0.29) is 11.9 Å². The van der Waals surface area contributed by atoms with Crippen LogP contribution in [-0.4, -0.2) is 5.78 Å². The molecule has 1 rings (SSSR count). The third-order valence-electron chi connectivity index (χ3n) is 4.50. The maximum absolute atomic E-state index is 12.5. The second-order valence-electron chi connectivity index (χ2n) is 6.32. The summed E-state index contributed by atoms with van der Waals surface area (Å²) in [6.07, 6.45) is 10.7. The fraction of sp³-hybridized carbons (Fsp3) is 0.650. The van der Waals surface area contributed by atoms with E-state index in [1.165, 1.54) is 50.5 Å². The third kappa shape index (κ3) is 7.50. The molecule has 3 N–H and O–H groups in total. The summed E-state index contributed by atoms with van der Waals surface area (Å²) >= 11 is 5.99. The zero-order valence-corrected chi connectivity index (χ0v) is 16.0. The lowest BCUT2D eigenvalue weighted by Gasteiger charge is -2.12. The number of Topliss-reactive ketones (excluding diaryl/α,β-unsaturated/α-hetero) is 1. The largest absolute Gasteiger partial charge is 0.344 e. The van der Waals surface area contributed by atoms with Crippen LogP contribution in [0.5, 0.6) is 0 Å². The van der Waals surface area contributed by atoms with Gasteiger partial charge in [-0.1, -0.05) is 64.0 Å². The minimum atomic E-state index is 0. The fourth-order valence-electron chi connectivity index (χ4n) is 2.92. The average Bonchev–Trinajstić information content (AvgIpc) is 2.52. The molecule has 0 unspecified atom stereocenters. The van der Waals surface area contributed by atoms with Gasteiger partial charge in [-0.3, -0.25) is 4.79 Å². The van der Waals surface area contributed by atoms with Crippen LogP contribution in [0.2, 0.25) is 0 Å². The molecular formula is C20H34ClNO. The van der Waals surface area contributed by atoms with Crippen molar-refractivity contribution in [1.29, 1.82) is 0 Å². The first kappa shape index (κ1) is 22.1. The van der Waals surface area contributed by atoms with Gasteiger partial charge in [-0.25, -0.2) is 0 Å². The van der Waals surface area contributed by atoms with Crippen molar-refractivity contribution in [3.63, 3.8) is 0 Å². The van der Waals surface area contributed by atoms with Gasteiger partial charge in [0.1, 0.15) is 0 Å². The van der Waals surface area contributed by atoms with Crippen LogP contribution >= 0.6 is 11.6 Å². The molecule has 0 saturated carbocycles. The summed E-state index contributed by atoms with van der Waals surface area (Å²) in [5, 5.41) is 0. The molecule has 2 nitrogen and oxygen atoms in total. The number of halogens is 1. The first-order valence-electron chi connectivity index (χ1n) is 8.80. The van der Waals surface area contributed by atoms with Crippen molar-refractivity contribution in [2.24, 2.45) is 0 Å². The zero-order chi connectivity index (χ0) is 16.4. The molecule has 0 saturated heterocycles. The molecule has 0 fully saturated rings. The van der Waals surface area contributed by atoms with E-state index in [1.54, 1.807) is 0 Å². The Bertz CT molecular complexity index is 471. The lowest BCUT2D eigenvalue weighted by Crippen LogP contribution is -2.07. The van der Waals surface area contributed by atoms with Crippen molar-refractivity contribution >= 4 is 17.4 Å². The molecular weight excluding hydrogens is 306 g/mol. The first-order chi connectivity index (χ1) is 10.6. The van der Waals surface area contributed by atoms with Crippen LogP contribution in [-0.2, 0) is 5.88 Å². The zero-order valence-electron chi connectivity index (χ0n) is 15.2. The molecule has 0 amide bonds. The van der Waals surface area contributed by atoms with Gasteiger partial charge in [0.15, 0.2) is 5.78 Å². The number of alkyl halides is 1. The Morgan fingerprint density at radius 1 is 0.957 bits per heavy atom. The molecule has 0 aromatic heterocycles. The molecule has 132 valence electrons. The van der Waals surface area contributed by atoms with Crippen molar-refractivity contribution in [3.05, 3.63) is 34.4 Å². The maximum atomic E-state index is 12.5. The van der Waals surface area contributed by atoms with E-state index in [4.69, 9.17) is 11.6 Å². The lowest BCUT2D eigenvalue weighted by molar-refractivity contribution is 0.0977. The summed E-state index contributed by atoms with van der Waals surface area (Å²) in [6, 6.07) is 4.05. The first-order valence-corrected chi connectivity index (χ1v) is 9.33. The number of carbonyl (C=O) groups excluding carboxylic acids is 1. The minimum absolute atomic E-state index is 0. The van der Waals surface area contributed by atoms with E-state index >= 15 is 0 Å². The van der Waals surface area contributed by atoms with Gasteiger partial charge in [-0.05, 0) is 37.0 Å². The number of unbranched alkanes of at least 4 members (excludes halogenated alkanes) is 7. The molecule has 0 aliphatic carbocycles. The van der Waals surface area contributed by atoms with Crippen molar-refractivity contribution in [3.8, 4) is 0 Å². The quantitative estimate of drug-likeness (QED) is 0.270. The minimum Gasteiger partial charge on any atom is -0.344 e. The summed E-state index contributed by atoms with van der Waals surface area (Å²) in [5.41, 5.74) is 4.13. The number of aryl methyl sites for hydroxylation is 1. The normalized spacial score (nSPS) is 10.4. The van der Waals surface area contributed by atoms with Crippen LogP contribution in [0.25, 0.3) is 0 Å². The van der Waals surface area contributed by atoms with Crippen molar-refractivity contribution < 1.29 is 4.79 Å². The second kappa shape index (κ2) is 12.5. The van der Waals surface area contributed by atoms with Gasteiger partial charge in [-0.15, -0.1) is 11.6 Å². The number of rotatable bonds is 11. The molecule has 3 heteroatoms. The topological polar surface area (TPSA) is 52.1 Å². The maximum Gasteiger partial charge on any atom is 0.163 e. The van der Waals surface area contributed by atoms with Gasteiger partial charge in [0.2, 0.25) is 0 Å². The van der Waals surface area contributed by atoms with Gasteiger partial charge in [0.05, 0.1) is 0 Å². The summed E-state index contributed by atoms with van der Waals surface area (Å²) < 4.78 is 0. The molecule has 0 atom stereocenters. The third-order valence-corrected chi connectivity index (χ3v) is 4.79. The Morgan fingerprint density at radius 2 is 1.52 bits per heavy atom. The number of benzene rings is 1. The summed E-state index contributed by atoms with van der Waals surface area (Å²) in [4.78, 5) is 12.5. The van der Waals surface area contributed by atoms with E-state index in [2.05, 4.69) is 19.9 Å². The van der Waals surface area contributed by atoms with Gasteiger partial charge in [-0.2, -0.15) is 0 Å². The van der Waals surface area contributed by atoms with Crippen molar-refractivity contribution in [2.45, 2.75) is 84.4 Å². The SMILES string of the molecule is CCCCCCCCCCC(=O)c1c(CCl)ccc(C)c1C.N. The van der Waals surface area contributed by atoms with Crippen LogP contribution < -0.4 is 6.15 Å². The predicted octanol–water partition coefficient (Wildman–Crippen LogP) is 6.92. The van der Waals surface area contributed by atoms with Crippen LogP contribution in [0.15, 0.2) is 12.1 Å². The smallest absolute Gasteiger partial charge is 0.163 e. The molecule has 0 heterocycles. The number of carbonyl (C=O) groups is 1. The van der Waals surface area contributed by atoms with Crippen LogP contribution in [0.4, 0.5) is 0 Å². The monoisotopic (exact) mass is 339 g/mol. The van der Waals surface area contributed by atoms with Gasteiger partial charge < -0.3 is 6.15 Å². The lowest BCUT2D eigenvalue weighted by atomic mass is 9.93. The van der Waals surface area contributed by atoms with Crippen LogP contribution in [0.3, 0.4) is 0 Å². The van der Waals surface area contributed by atoms with E-state index < -0.39 is 0 Å². The van der Waals surface area contributed by atoms with Gasteiger partial charge in [0, 0.05) is 17.9 Å². The van der Waals surface area contributed by atoms with Crippen LogP contribution in [0.1, 0.15) is 91.8 Å². The number of ketones is 1. The molecule has 1 aromatic carbocycles. The molecule has 0 radical (unpaired) electrons. The van der Waals surface area contributed by atoms with E-state index in [0.717, 1.165) is 23.1 Å². The van der Waals surface area contributed by atoms with Gasteiger partial charge in [0.25, 0.3) is 0 Å². The molecule has 0 bridgehead atoms. The van der Waals surface area contributed by atoms with Gasteiger partial charge >= 0.3 is 0 Å². The standard InChI is InChI=1S/C20H31ClO.H3N/c1-4-5-6-7-8-9-10-11-12-19(22)20-17(3)16(2)13-14-18(20)15-21;/h13-14H,4-12,15H2,1-3H3;1H3. The Labute approximate surface area is 147 Å². The van der Waals surface area contributed by atoms with E-state index in [0.29, 0.717) is 12.3 Å². The Morgan fingerprint density at radius 3 is 2.09 bits per heavy atom. The molecule has 23 heavy (non-hydrogen) atoms. The molecule has 0 spiro atoms. The highest BCUT2D eigenvalue weighted by molar-refractivity contribution is 6.18. The summed E-state index contributed by atoms with van der Waals surface area (Å²) in [5.74, 6) is 0.683. The van der Waals surface area contributed by atoms with Crippen molar-refractivity contribution in [2.75, 3.05) is 0 Å². The highest BCUT2D eigenvalue weighted by atomic mass is 35.5. The Balaban J connectivity index is 0.00000484. The number of hydrogen-bond donors (Lipinski definition) is 1. The summed E-state index contributed by atoms with van der Waals surface area (Å²) in [7, 11) is 0. The molecule has 0 aliphatic rings. The predicted molar refractivity (Wildman–Crippen MR) is 102 cm³/mol. The van der Waals surface area contributed by atoms with E-state index in [1.807, 2.05) is 13.0 Å². The summed E-state index contributed by atoms with van der Waals surface area (Å²) in [6.45, 7) is 6.33.